The van der Waals surface area contributed by atoms with Crippen molar-refractivity contribution in [3.8, 4) is 34.1 Å². The van der Waals surface area contributed by atoms with E-state index in [0.717, 1.165) is 0 Å². The lowest BCUT2D eigenvalue weighted by Gasteiger charge is -2.11. The lowest BCUT2D eigenvalue weighted by molar-refractivity contribution is 0.404. The Kier molecular flexibility index (Phi) is 3.15. The summed E-state index contributed by atoms with van der Waals surface area (Å²) in [6, 6.07) is 5.25. The Morgan fingerprint density at radius 2 is 1.22 bits per heavy atom. The summed E-state index contributed by atoms with van der Waals surface area (Å²) < 4.78 is 0. The highest BCUT2D eigenvalue weighted by Gasteiger charge is 2.19. The maximum Gasteiger partial charge on any atom is 0.177 e. The Labute approximate surface area is 112 Å². The Morgan fingerprint density at radius 3 is 1.89 bits per heavy atom. The largest absolute Gasteiger partial charge is 0.507 e. The average Bonchev–Trinajstić information content (AvgIpc) is 2.34. The quantitative estimate of drug-likeness (QED) is 0.605. The van der Waals surface area contributed by atoms with Crippen molar-refractivity contribution in [2.45, 2.75) is 0 Å². The Morgan fingerprint density at radius 1 is 0.667 bits per heavy atom. The molecule has 0 atom stereocenters. The fraction of sp³-hybridized carbons (Fsp3) is 0. The summed E-state index contributed by atoms with van der Waals surface area (Å²) in [6.45, 7) is 0. The third-order valence-electron chi connectivity index (χ3n) is 2.48. The second-order valence-corrected chi connectivity index (χ2v) is 4.40. The Balaban J connectivity index is 2.78. The smallest absolute Gasteiger partial charge is 0.177 e. The molecule has 0 saturated carbocycles. The van der Waals surface area contributed by atoms with Gasteiger partial charge in [0.15, 0.2) is 11.5 Å². The van der Waals surface area contributed by atoms with Gasteiger partial charge < -0.3 is 20.4 Å². The van der Waals surface area contributed by atoms with E-state index in [-0.39, 0.29) is 26.9 Å². The zero-order valence-corrected chi connectivity index (χ0v) is 10.4. The molecule has 0 aliphatic heterocycles. The molecule has 0 unspecified atom stereocenters. The van der Waals surface area contributed by atoms with Gasteiger partial charge in [-0.3, -0.25) is 0 Å². The van der Waals surface area contributed by atoms with Crippen molar-refractivity contribution in [3.63, 3.8) is 0 Å². The van der Waals surface area contributed by atoms with E-state index in [9.17, 15) is 20.4 Å². The third kappa shape index (κ3) is 1.89. The number of rotatable bonds is 1. The summed E-state index contributed by atoms with van der Waals surface area (Å²) in [6.07, 6.45) is 0. The SMILES string of the molecule is Oc1ccc(Cl)c(O)c1-c1ccc(Cl)c(O)c1O. The van der Waals surface area contributed by atoms with Crippen molar-refractivity contribution < 1.29 is 20.4 Å². The van der Waals surface area contributed by atoms with Crippen molar-refractivity contribution in [1.82, 2.24) is 0 Å². The molecular formula is C12H8Cl2O4. The summed E-state index contributed by atoms with van der Waals surface area (Å²) in [4.78, 5) is 0. The highest BCUT2D eigenvalue weighted by molar-refractivity contribution is 6.33. The number of phenolic OH excluding ortho intramolecular Hbond substituents is 4. The van der Waals surface area contributed by atoms with Gasteiger partial charge in [-0.2, -0.15) is 0 Å². The molecule has 0 bridgehead atoms. The first-order valence-corrected chi connectivity index (χ1v) is 5.60. The van der Waals surface area contributed by atoms with E-state index >= 15 is 0 Å². The number of hydrogen-bond donors (Lipinski definition) is 4. The molecule has 2 rings (SSSR count). The molecule has 0 fully saturated rings. The second-order valence-electron chi connectivity index (χ2n) is 3.58. The molecule has 0 amide bonds. The van der Waals surface area contributed by atoms with Crippen molar-refractivity contribution in [3.05, 3.63) is 34.3 Å². The topological polar surface area (TPSA) is 80.9 Å². The number of benzene rings is 2. The summed E-state index contributed by atoms with van der Waals surface area (Å²) in [5.41, 5.74) is -0.0543. The van der Waals surface area contributed by atoms with Gasteiger partial charge in [0.25, 0.3) is 0 Å². The van der Waals surface area contributed by atoms with Gasteiger partial charge in [0.2, 0.25) is 0 Å². The molecule has 0 heterocycles. The third-order valence-corrected chi connectivity index (χ3v) is 3.09. The van der Waals surface area contributed by atoms with Crippen LogP contribution < -0.4 is 0 Å². The predicted molar refractivity (Wildman–Crippen MR) is 68.6 cm³/mol. The van der Waals surface area contributed by atoms with E-state index in [1.165, 1.54) is 24.3 Å². The lowest BCUT2D eigenvalue weighted by atomic mass is 10.0. The number of halogens is 2. The minimum atomic E-state index is -0.546. The minimum absolute atomic E-state index is 0.0108. The van der Waals surface area contributed by atoms with Crippen LogP contribution in [-0.2, 0) is 0 Å². The highest BCUT2D eigenvalue weighted by Crippen LogP contribution is 2.48. The second kappa shape index (κ2) is 4.48. The van der Waals surface area contributed by atoms with Gasteiger partial charge >= 0.3 is 0 Å². The molecule has 4 N–H and O–H groups in total. The molecule has 2 aromatic carbocycles. The number of hydrogen-bond acceptors (Lipinski definition) is 4. The average molecular weight is 287 g/mol. The van der Waals surface area contributed by atoms with Crippen LogP contribution in [0.1, 0.15) is 0 Å². The van der Waals surface area contributed by atoms with E-state index in [1.54, 1.807) is 0 Å². The molecule has 0 radical (unpaired) electrons. The van der Waals surface area contributed by atoms with E-state index in [2.05, 4.69) is 0 Å². The van der Waals surface area contributed by atoms with Crippen LogP contribution >= 0.6 is 23.2 Å². The molecule has 0 aromatic heterocycles. The lowest BCUT2D eigenvalue weighted by Crippen LogP contribution is -1.84. The fourth-order valence-electron chi connectivity index (χ4n) is 1.58. The summed E-state index contributed by atoms with van der Waals surface area (Å²) >= 11 is 11.4. The molecule has 0 aliphatic rings. The first-order chi connectivity index (χ1) is 8.43. The molecule has 4 nitrogen and oxygen atoms in total. The first-order valence-electron chi connectivity index (χ1n) is 4.84. The van der Waals surface area contributed by atoms with Gasteiger partial charge in [-0.15, -0.1) is 0 Å². The molecule has 0 spiro atoms. The van der Waals surface area contributed by atoms with E-state index in [1.807, 2.05) is 0 Å². The van der Waals surface area contributed by atoms with Gasteiger partial charge in [0, 0.05) is 5.56 Å². The zero-order chi connectivity index (χ0) is 13.4. The van der Waals surface area contributed by atoms with Crippen LogP contribution in [0.4, 0.5) is 0 Å². The van der Waals surface area contributed by atoms with Crippen molar-refractivity contribution >= 4 is 23.2 Å². The van der Waals surface area contributed by atoms with Crippen molar-refractivity contribution in [2.75, 3.05) is 0 Å². The Hall–Kier alpha value is -1.78. The van der Waals surface area contributed by atoms with Crippen LogP contribution in [0.2, 0.25) is 10.0 Å². The van der Waals surface area contributed by atoms with Gasteiger partial charge in [0.1, 0.15) is 11.5 Å². The molecule has 2 aromatic rings. The number of phenols is 4. The van der Waals surface area contributed by atoms with Gasteiger partial charge in [-0.05, 0) is 24.3 Å². The van der Waals surface area contributed by atoms with Crippen LogP contribution in [0.15, 0.2) is 24.3 Å². The monoisotopic (exact) mass is 286 g/mol. The maximum absolute atomic E-state index is 9.80. The van der Waals surface area contributed by atoms with Gasteiger partial charge in [0.05, 0.1) is 15.6 Å². The van der Waals surface area contributed by atoms with Crippen molar-refractivity contribution in [1.29, 1.82) is 0 Å². The number of aromatic hydroxyl groups is 4. The van der Waals surface area contributed by atoms with Gasteiger partial charge in [-0.1, -0.05) is 23.2 Å². The summed E-state index contributed by atoms with van der Waals surface area (Å²) in [7, 11) is 0. The van der Waals surface area contributed by atoms with Crippen LogP contribution in [0.3, 0.4) is 0 Å². The highest BCUT2D eigenvalue weighted by atomic mass is 35.5. The van der Waals surface area contributed by atoms with Crippen LogP contribution in [0.5, 0.6) is 23.0 Å². The summed E-state index contributed by atoms with van der Waals surface area (Å²) in [5, 5.41) is 38.8. The molecule has 6 heteroatoms. The van der Waals surface area contributed by atoms with E-state index < -0.39 is 17.2 Å². The van der Waals surface area contributed by atoms with Crippen molar-refractivity contribution in [2.24, 2.45) is 0 Å². The maximum atomic E-state index is 9.80. The molecular weight excluding hydrogens is 279 g/mol. The van der Waals surface area contributed by atoms with Crippen LogP contribution in [-0.4, -0.2) is 20.4 Å². The predicted octanol–water partition coefficient (Wildman–Crippen LogP) is 3.48. The standard InChI is InChI=1S/C12H8Cl2O4/c13-6-3-4-8(15)9(11(6)17)5-1-2-7(14)12(18)10(5)16/h1-4,15-18H. The van der Waals surface area contributed by atoms with Crippen LogP contribution in [0.25, 0.3) is 11.1 Å². The summed E-state index contributed by atoms with van der Waals surface area (Å²) in [5.74, 6) is -1.76. The van der Waals surface area contributed by atoms with E-state index in [4.69, 9.17) is 23.2 Å². The zero-order valence-electron chi connectivity index (χ0n) is 8.85. The van der Waals surface area contributed by atoms with Crippen LogP contribution in [0, 0.1) is 0 Å². The molecule has 0 aliphatic carbocycles. The first kappa shape index (κ1) is 12.7. The minimum Gasteiger partial charge on any atom is -0.507 e. The van der Waals surface area contributed by atoms with Gasteiger partial charge in [-0.25, -0.2) is 0 Å². The van der Waals surface area contributed by atoms with E-state index in [0.29, 0.717) is 0 Å². The normalized spacial score (nSPS) is 10.6. The fourth-order valence-corrected chi connectivity index (χ4v) is 1.89. The molecule has 18 heavy (non-hydrogen) atoms. The Bertz CT molecular complexity index is 626. The molecule has 0 saturated heterocycles. The molecule has 94 valence electrons.